The molecule has 1 fully saturated rings. The number of hydrogen-bond acceptors (Lipinski definition) is 6. The summed E-state index contributed by atoms with van der Waals surface area (Å²) in [7, 11) is 0. The van der Waals surface area contributed by atoms with Crippen LogP contribution in [0.1, 0.15) is 30.3 Å². The van der Waals surface area contributed by atoms with Gasteiger partial charge < -0.3 is 19.5 Å². The molecular weight excluding hydrogens is 400 g/mol. The molecule has 1 N–H and O–H groups in total. The zero-order valence-corrected chi connectivity index (χ0v) is 16.6. The number of hydrogen-bond donors (Lipinski definition) is 1. The van der Waals surface area contributed by atoms with E-state index in [0.29, 0.717) is 43.3 Å². The van der Waals surface area contributed by atoms with Crippen LogP contribution < -0.4 is 10.2 Å². The van der Waals surface area contributed by atoms with E-state index in [1.54, 1.807) is 18.2 Å². The summed E-state index contributed by atoms with van der Waals surface area (Å²) in [6.45, 7) is 4.40. The Morgan fingerprint density at radius 2 is 1.93 bits per heavy atom. The highest BCUT2D eigenvalue weighted by Crippen LogP contribution is 2.31. The van der Waals surface area contributed by atoms with Gasteiger partial charge in [-0.1, -0.05) is 18.5 Å². The average Bonchev–Trinajstić information content (AvgIpc) is 3.19. The molecule has 0 aliphatic carbocycles. The molecule has 0 saturated carbocycles. The molecule has 10 heteroatoms. The lowest BCUT2D eigenvalue weighted by molar-refractivity contribution is -0.402. The molecule has 29 heavy (non-hydrogen) atoms. The maximum absolute atomic E-state index is 12.5. The zero-order chi connectivity index (χ0) is 21.0. The molecule has 3 rings (SSSR count). The van der Waals surface area contributed by atoms with Crippen LogP contribution in [0.15, 0.2) is 34.7 Å². The van der Waals surface area contributed by atoms with Crippen LogP contribution >= 0.6 is 11.6 Å². The van der Waals surface area contributed by atoms with Gasteiger partial charge >= 0.3 is 5.88 Å². The quantitative estimate of drug-likeness (QED) is 0.565. The van der Waals surface area contributed by atoms with E-state index in [1.165, 1.54) is 6.07 Å². The molecule has 1 aliphatic heterocycles. The molecular formula is C19H21ClN4O5. The number of nitrogens with one attached hydrogen (secondary N) is 1. The van der Waals surface area contributed by atoms with E-state index >= 15 is 0 Å². The highest BCUT2D eigenvalue weighted by molar-refractivity contribution is 6.31. The van der Waals surface area contributed by atoms with E-state index < -0.39 is 16.7 Å². The topological polar surface area (TPSA) is 109 Å². The molecule has 1 aromatic carbocycles. The highest BCUT2D eigenvalue weighted by Gasteiger charge is 2.24. The van der Waals surface area contributed by atoms with Gasteiger partial charge in [0.1, 0.15) is 4.92 Å². The number of piperazine rings is 1. The van der Waals surface area contributed by atoms with Crippen LogP contribution in [-0.4, -0.2) is 47.8 Å². The predicted molar refractivity (Wildman–Crippen MR) is 108 cm³/mol. The molecule has 0 unspecified atom stereocenters. The lowest BCUT2D eigenvalue weighted by Gasteiger charge is -2.37. The smallest absolute Gasteiger partial charge is 0.395 e. The van der Waals surface area contributed by atoms with Crippen molar-refractivity contribution in [3.8, 4) is 0 Å². The van der Waals surface area contributed by atoms with Gasteiger partial charge in [0.2, 0.25) is 5.91 Å². The van der Waals surface area contributed by atoms with E-state index in [2.05, 4.69) is 10.2 Å². The van der Waals surface area contributed by atoms with Crippen molar-refractivity contribution in [2.75, 3.05) is 36.4 Å². The Balaban J connectivity index is 1.74. The van der Waals surface area contributed by atoms with E-state index in [0.717, 1.165) is 18.2 Å². The van der Waals surface area contributed by atoms with Crippen LogP contribution in [0.5, 0.6) is 0 Å². The Kier molecular flexibility index (Phi) is 6.38. The van der Waals surface area contributed by atoms with Crippen molar-refractivity contribution in [1.82, 2.24) is 4.90 Å². The van der Waals surface area contributed by atoms with Gasteiger partial charge in [-0.2, -0.15) is 0 Å². The SMILES string of the molecule is CCCC(=O)N1CCN(c2ccc(Cl)cc2NC(=O)c2ccc([N+](=O)[O-])o2)CC1. The third kappa shape index (κ3) is 4.86. The number of rotatable bonds is 6. The molecule has 9 nitrogen and oxygen atoms in total. The van der Waals surface area contributed by atoms with Crippen molar-refractivity contribution in [2.24, 2.45) is 0 Å². The summed E-state index contributed by atoms with van der Waals surface area (Å²) in [6.07, 6.45) is 1.36. The zero-order valence-electron chi connectivity index (χ0n) is 15.9. The van der Waals surface area contributed by atoms with E-state index in [4.69, 9.17) is 16.0 Å². The summed E-state index contributed by atoms with van der Waals surface area (Å²) in [5.74, 6) is -1.14. The van der Waals surface area contributed by atoms with Gasteiger partial charge in [-0.25, -0.2) is 0 Å². The van der Waals surface area contributed by atoms with E-state index in [1.807, 2.05) is 11.8 Å². The minimum atomic E-state index is -0.707. The normalized spacial score (nSPS) is 14.0. The number of benzene rings is 1. The largest absolute Gasteiger partial charge is 0.433 e. The van der Waals surface area contributed by atoms with Crippen LogP contribution in [0.3, 0.4) is 0 Å². The molecule has 2 aromatic rings. The minimum absolute atomic E-state index is 0.149. The fourth-order valence-electron chi connectivity index (χ4n) is 3.18. The fraction of sp³-hybridized carbons (Fsp3) is 0.368. The molecule has 0 atom stereocenters. The molecule has 0 bridgehead atoms. The van der Waals surface area contributed by atoms with Gasteiger partial charge in [0.05, 0.1) is 17.4 Å². The molecule has 1 saturated heterocycles. The van der Waals surface area contributed by atoms with Crippen LogP contribution in [0.4, 0.5) is 17.3 Å². The first-order chi connectivity index (χ1) is 13.9. The lowest BCUT2D eigenvalue weighted by Crippen LogP contribution is -2.48. The summed E-state index contributed by atoms with van der Waals surface area (Å²) in [4.78, 5) is 38.5. The van der Waals surface area contributed by atoms with Crippen molar-refractivity contribution >= 4 is 40.7 Å². The maximum Gasteiger partial charge on any atom is 0.433 e. The number of carbonyl (C=O) groups excluding carboxylic acids is 2. The molecule has 0 spiro atoms. The number of anilines is 2. The van der Waals surface area contributed by atoms with Gasteiger partial charge in [-0.15, -0.1) is 0 Å². The second kappa shape index (κ2) is 8.95. The number of carbonyl (C=O) groups is 2. The lowest BCUT2D eigenvalue weighted by atomic mass is 10.2. The van der Waals surface area contributed by atoms with Crippen LogP contribution in [-0.2, 0) is 4.79 Å². The van der Waals surface area contributed by atoms with Gasteiger partial charge in [0.15, 0.2) is 5.76 Å². The van der Waals surface area contributed by atoms with Crippen LogP contribution in [0.2, 0.25) is 5.02 Å². The monoisotopic (exact) mass is 420 g/mol. The van der Waals surface area contributed by atoms with Crippen molar-refractivity contribution in [2.45, 2.75) is 19.8 Å². The highest BCUT2D eigenvalue weighted by atomic mass is 35.5. The molecule has 0 radical (unpaired) electrons. The van der Waals surface area contributed by atoms with Crippen LogP contribution in [0.25, 0.3) is 0 Å². The molecule has 1 aromatic heterocycles. The maximum atomic E-state index is 12.5. The number of amides is 2. The Hall–Kier alpha value is -3.07. The van der Waals surface area contributed by atoms with Gasteiger partial charge in [0.25, 0.3) is 5.91 Å². The summed E-state index contributed by atoms with van der Waals surface area (Å²) >= 11 is 6.09. The Bertz CT molecular complexity index is 921. The molecule has 2 amide bonds. The van der Waals surface area contributed by atoms with E-state index in [-0.39, 0.29) is 11.7 Å². The Morgan fingerprint density at radius 1 is 1.21 bits per heavy atom. The Labute approximate surface area is 172 Å². The second-order valence-electron chi connectivity index (χ2n) is 6.63. The molecule has 154 valence electrons. The van der Waals surface area contributed by atoms with Crippen molar-refractivity contribution in [3.63, 3.8) is 0 Å². The first-order valence-corrected chi connectivity index (χ1v) is 9.64. The standard InChI is InChI=1S/C19H21ClN4O5/c1-2-3-17(25)23-10-8-22(9-11-23)15-5-4-13(20)12-14(15)21-19(26)16-6-7-18(29-16)24(27)28/h4-7,12H,2-3,8-11H2,1H3,(H,21,26). The number of nitrogens with zero attached hydrogens (tertiary/aromatic N) is 3. The fourth-order valence-corrected chi connectivity index (χ4v) is 3.36. The summed E-state index contributed by atoms with van der Waals surface area (Å²) in [5, 5.41) is 13.9. The van der Waals surface area contributed by atoms with Crippen molar-refractivity contribution in [1.29, 1.82) is 0 Å². The van der Waals surface area contributed by atoms with Gasteiger partial charge in [-0.3, -0.25) is 19.7 Å². The predicted octanol–water partition coefficient (Wildman–Crippen LogP) is 3.54. The van der Waals surface area contributed by atoms with Crippen molar-refractivity contribution < 1.29 is 18.9 Å². The summed E-state index contributed by atoms with van der Waals surface area (Å²) in [6, 6.07) is 7.50. The molecule has 2 heterocycles. The molecule has 1 aliphatic rings. The van der Waals surface area contributed by atoms with Gasteiger partial charge in [0, 0.05) is 37.6 Å². The first-order valence-electron chi connectivity index (χ1n) is 9.27. The summed E-state index contributed by atoms with van der Waals surface area (Å²) in [5.41, 5.74) is 1.22. The summed E-state index contributed by atoms with van der Waals surface area (Å²) < 4.78 is 4.96. The number of furan rings is 1. The van der Waals surface area contributed by atoms with Crippen molar-refractivity contribution in [3.05, 3.63) is 51.2 Å². The van der Waals surface area contributed by atoms with E-state index in [9.17, 15) is 19.7 Å². The third-order valence-electron chi connectivity index (χ3n) is 4.64. The minimum Gasteiger partial charge on any atom is -0.395 e. The number of halogens is 1. The first kappa shape index (κ1) is 20.7. The third-order valence-corrected chi connectivity index (χ3v) is 4.87. The number of nitro groups is 1. The average molecular weight is 421 g/mol. The second-order valence-corrected chi connectivity index (χ2v) is 7.06. The van der Waals surface area contributed by atoms with Crippen LogP contribution in [0, 0.1) is 10.1 Å². The van der Waals surface area contributed by atoms with Gasteiger partial charge in [-0.05, 0) is 30.7 Å². The Morgan fingerprint density at radius 3 is 2.55 bits per heavy atom.